The molecule has 1 aromatic heterocycles. The predicted molar refractivity (Wildman–Crippen MR) is 138 cm³/mol. The van der Waals surface area contributed by atoms with Crippen LogP contribution in [0.2, 0.25) is 0 Å². The van der Waals surface area contributed by atoms with Crippen LogP contribution in [0.3, 0.4) is 0 Å². The molecule has 8 heteroatoms. The van der Waals surface area contributed by atoms with Crippen LogP contribution >= 0.6 is 12.2 Å². The average molecular weight is 489 g/mol. The van der Waals surface area contributed by atoms with Crippen LogP contribution in [0.5, 0.6) is 5.75 Å². The summed E-state index contributed by atoms with van der Waals surface area (Å²) in [5, 5.41) is 0.405. The van der Waals surface area contributed by atoms with Gasteiger partial charge in [-0.1, -0.05) is 12.1 Å². The third-order valence-electron chi connectivity index (χ3n) is 6.11. The van der Waals surface area contributed by atoms with E-state index in [9.17, 15) is 9.18 Å². The van der Waals surface area contributed by atoms with E-state index in [2.05, 4.69) is 9.83 Å². The van der Waals surface area contributed by atoms with E-state index in [1.54, 1.807) is 36.7 Å². The molecular formula is C27H25FN4O2S. The van der Waals surface area contributed by atoms with Gasteiger partial charge in [0.2, 0.25) is 0 Å². The zero-order valence-corrected chi connectivity index (χ0v) is 20.6. The number of hydrogen-bond donors (Lipinski definition) is 0. The Morgan fingerprint density at radius 3 is 2.51 bits per heavy atom. The molecule has 6 nitrogen and oxygen atoms in total. The summed E-state index contributed by atoms with van der Waals surface area (Å²) in [5.41, 5.74) is 2.77. The molecular weight excluding hydrogens is 463 g/mol. The highest BCUT2D eigenvalue weighted by atomic mass is 32.1. The predicted octanol–water partition coefficient (Wildman–Crippen LogP) is 5.93. The highest BCUT2D eigenvalue weighted by molar-refractivity contribution is 7.80. The topological polar surface area (TPSA) is 50.0 Å². The molecule has 0 aliphatic carbocycles. The maximum atomic E-state index is 14.6. The van der Waals surface area contributed by atoms with E-state index in [1.807, 2.05) is 43.9 Å². The molecule has 0 saturated carbocycles. The number of aryl methyl sites for hydroxylation is 1. The lowest BCUT2D eigenvalue weighted by Gasteiger charge is -2.29. The molecule has 2 aromatic carbocycles. The van der Waals surface area contributed by atoms with Crippen molar-refractivity contribution in [3.8, 4) is 16.9 Å². The van der Waals surface area contributed by atoms with Crippen molar-refractivity contribution in [1.29, 1.82) is 0 Å². The number of rotatable bonds is 7. The number of thiocarbonyl (C=S) groups is 1. The van der Waals surface area contributed by atoms with Crippen LogP contribution < -0.4 is 9.64 Å². The fourth-order valence-corrected chi connectivity index (χ4v) is 4.60. The Morgan fingerprint density at radius 2 is 1.86 bits per heavy atom. The number of aromatic nitrogens is 1. The van der Waals surface area contributed by atoms with Gasteiger partial charge in [-0.3, -0.25) is 14.7 Å². The molecule has 0 unspecified atom stereocenters. The molecule has 178 valence electrons. The van der Waals surface area contributed by atoms with E-state index in [4.69, 9.17) is 23.5 Å². The van der Waals surface area contributed by atoms with Gasteiger partial charge in [-0.15, -0.1) is 0 Å². The van der Waals surface area contributed by atoms with Crippen molar-refractivity contribution in [2.45, 2.75) is 32.7 Å². The Labute approximate surface area is 209 Å². The SMILES string of the molecule is [C-]#[N+]c1ccc(N2C(=O)C(C)(C)N(CCCOc3ccc(-c4ccncc4)cc3F)C2=S)cc1C. The largest absolute Gasteiger partial charge is 0.490 e. The summed E-state index contributed by atoms with van der Waals surface area (Å²) >= 11 is 5.66. The number of carbonyl (C=O) groups is 1. The summed E-state index contributed by atoms with van der Waals surface area (Å²) < 4.78 is 20.3. The van der Waals surface area contributed by atoms with Gasteiger partial charge in [0.25, 0.3) is 5.91 Å². The van der Waals surface area contributed by atoms with Crippen LogP contribution in [0.1, 0.15) is 25.8 Å². The maximum absolute atomic E-state index is 14.6. The van der Waals surface area contributed by atoms with E-state index in [0.29, 0.717) is 29.5 Å². The van der Waals surface area contributed by atoms with Crippen molar-refractivity contribution in [2.75, 3.05) is 18.1 Å². The van der Waals surface area contributed by atoms with Crippen molar-refractivity contribution < 1.29 is 13.9 Å². The zero-order valence-electron chi connectivity index (χ0n) is 19.8. The molecule has 1 aliphatic rings. The number of amides is 1. The number of anilines is 1. The maximum Gasteiger partial charge on any atom is 0.258 e. The van der Waals surface area contributed by atoms with E-state index in [-0.39, 0.29) is 18.3 Å². The van der Waals surface area contributed by atoms with Crippen LogP contribution in [-0.2, 0) is 4.79 Å². The molecule has 2 heterocycles. The third-order valence-corrected chi connectivity index (χ3v) is 6.51. The van der Waals surface area contributed by atoms with Crippen LogP contribution in [0.4, 0.5) is 15.8 Å². The van der Waals surface area contributed by atoms with Crippen LogP contribution in [-0.4, -0.2) is 39.6 Å². The highest BCUT2D eigenvalue weighted by Crippen LogP contribution is 2.34. The first kappa shape index (κ1) is 24.3. The summed E-state index contributed by atoms with van der Waals surface area (Å²) in [4.78, 5) is 24.1. The molecule has 0 spiro atoms. The Morgan fingerprint density at radius 1 is 1.11 bits per heavy atom. The molecule has 0 N–H and O–H groups in total. The van der Waals surface area contributed by atoms with Crippen LogP contribution in [0.15, 0.2) is 60.9 Å². The van der Waals surface area contributed by atoms with Gasteiger partial charge in [0.05, 0.1) is 13.2 Å². The van der Waals surface area contributed by atoms with Crippen molar-refractivity contribution in [2.24, 2.45) is 0 Å². The molecule has 1 fully saturated rings. The lowest BCUT2D eigenvalue weighted by atomic mass is 10.0. The quantitative estimate of drug-likeness (QED) is 0.234. The Hall–Kier alpha value is -3.83. The number of benzene rings is 2. The van der Waals surface area contributed by atoms with Crippen molar-refractivity contribution in [3.05, 3.63) is 83.7 Å². The monoisotopic (exact) mass is 488 g/mol. The second-order valence-corrected chi connectivity index (χ2v) is 9.16. The number of nitrogens with zero attached hydrogens (tertiary/aromatic N) is 4. The smallest absolute Gasteiger partial charge is 0.258 e. The minimum Gasteiger partial charge on any atom is -0.490 e. The van der Waals surface area contributed by atoms with Gasteiger partial charge in [0, 0.05) is 24.6 Å². The van der Waals surface area contributed by atoms with Gasteiger partial charge in [-0.25, -0.2) is 9.24 Å². The van der Waals surface area contributed by atoms with Gasteiger partial charge in [0.1, 0.15) is 5.54 Å². The first-order valence-electron chi connectivity index (χ1n) is 11.2. The normalized spacial score (nSPS) is 14.8. The fourth-order valence-electron chi connectivity index (χ4n) is 4.09. The van der Waals surface area contributed by atoms with Crippen molar-refractivity contribution >= 4 is 34.6 Å². The average Bonchev–Trinajstić information content (AvgIpc) is 3.01. The van der Waals surface area contributed by atoms with Crippen LogP contribution in [0, 0.1) is 19.3 Å². The third kappa shape index (κ3) is 4.73. The zero-order chi connectivity index (χ0) is 25.2. The molecule has 4 rings (SSSR count). The molecule has 1 saturated heterocycles. The molecule has 3 aromatic rings. The van der Waals surface area contributed by atoms with E-state index < -0.39 is 11.4 Å². The number of pyridine rings is 1. The second kappa shape index (κ2) is 9.80. The summed E-state index contributed by atoms with van der Waals surface area (Å²) in [5.74, 6) is -0.383. The second-order valence-electron chi connectivity index (χ2n) is 8.80. The first-order valence-corrected chi connectivity index (χ1v) is 11.6. The van der Waals surface area contributed by atoms with Crippen molar-refractivity contribution in [3.63, 3.8) is 0 Å². The number of hydrogen-bond acceptors (Lipinski definition) is 4. The molecule has 1 aliphatic heterocycles. The summed E-state index contributed by atoms with van der Waals surface area (Å²) in [6.07, 6.45) is 3.88. The molecule has 35 heavy (non-hydrogen) atoms. The standard InChI is InChI=1S/C27H25FN4O2S/c1-18-16-21(7-8-23(18)29-4)32-25(33)27(2,3)31(26(32)35)14-5-15-34-24-9-6-20(17-22(24)28)19-10-12-30-13-11-19/h6-13,16-17H,5,14-15H2,1-3H3. The number of carbonyl (C=O) groups excluding carboxylic acids is 1. The van der Waals surface area contributed by atoms with Crippen molar-refractivity contribution in [1.82, 2.24) is 9.88 Å². The Balaban J connectivity index is 1.40. The Bertz CT molecular complexity index is 1320. The van der Waals surface area contributed by atoms with Gasteiger partial charge >= 0.3 is 0 Å². The lowest BCUT2D eigenvalue weighted by molar-refractivity contribution is -0.123. The Kier molecular flexibility index (Phi) is 6.81. The van der Waals surface area contributed by atoms with Gasteiger partial charge in [-0.2, -0.15) is 0 Å². The molecule has 0 bridgehead atoms. The highest BCUT2D eigenvalue weighted by Gasteiger charge is 2.49. The number of halogens is 1. The van der Waals surface area contributed by atoms with E-state index >= 15 is 0 Å². The van der Waals surface area contributed by atoms with Gasteiger partial charge in [-0.05, 0) is 92.5 Å². The molecule has 0 radical (unpaired) electrons. The molecule has 1 amide bonds. The molecule has 0 atom stereocenters. The van der Waals surface area contributed by atoms with E-state index in [1.165, 1.54) is 11.0 Å². The minimum absolute atomic E-state index is 0.129. The summed E-state index contributed by atoms with van der Waals surface area (Å²) in [6, 6.07) is 13.8. The van der Waals surface area contributed by atoms with Gasteiger partial charge < -0.3 is 9.64 Å². The van der Waals surface area contributed by atoms with Crippen LogP contribution in [0.25, 0.3) is 16.0 Å². The fraction of sp³-hybridized carbons (Fsp3) is 0.259. The lowest BCUT2D eigenvalue weighted by Crippen LogP contribution is -2.44. The number of ether oxygens (including phenoxy) is 1. The van der Waals surface area contributed by atoms with E-state index in [0.717, 1.165) is 16.7 Å². The summed E-state index contributed by atoms with van der Waals surface area (Å²) in [7, 11) is 0. The summed E-state index contributed by atoms with van der Waals surface area (Å²) in [6.45, 7) is 13.5. The first-order chi connectivity index (χ1) is 16.7. The minimum atomic E-state index is -0.832. The van der Waals surface area contributed by atoms with Gasteiger partial charge in [0.15, 0.2) is 22.4 Å².